The van der Waals surface area contributed by atoms with E-state index >= 15 is 0 Å². The highest BCUT2D eigenvalue weighted by atomic mass is 32.5. The van der Waals surface area contributed by atoms with Crippen molar-refractivity contribution in [3.63, 3.8) is 0 Å². The number of rotatable bonds is 5. The molecule has 0 bridgehead atoms. The second kappa shape index (κ2) is 6.92. The van der Waals surface area contributed by atoms with Gasteiger partial charge in [0.15, 0.2) is 6.23 Å². The summed E-state index contributed by atoms with van der Waals surface area (Å²) in [5.74, 6) is 0. The highest BCUT2D eigenvalue weighted by molar-refractivity contribution is 8.59. The van der Waals surface area contributed by atoms with Crippen LogP contribution in [0.2, 0.25) is 0 Å². The molecular formula is C9H12N3O11P3-4. The zero-order valence-corrected chi connectivity index (χ0v) is 14.8. The molecule has 0 saturated carbocycles. The molecule has 26 heavy (non-hydrogen) atoms. The van der Waals surface area contributed by atoms with Crippen molar-refractivity contribution in [3.05, 3.63) is 28.2 Å². The zero-order valence-electron chi connectivity index (χ0n) is 17.1. The van der Waals surface area contributed by atoms with E-state index in [2.05, 4.69) is 4.74 Å². The number of aromatic nitrogens is 2. The maximum absolute atomic E-state index is 12.2. The standard InChI is InChI=1S/C9H16N3O11P3/c10-5-1-2-12(9(15)11-5)8-7(14)6(13)4(23-8)3-24(16,17)26(21,22)25(18,19)20/h1-2,4,6-8,13-14H,3H2,(H,16,17)(H,21,22)(H2,10,11,15)(H2,18,19,20)/p-4/t4-,6-,7-,8-/m1/s1/i1D,3D2,4D,6D. The number of nitrogens with zero attached hydrogens (tertiary/aromatic N) is 1. The Morgan fingerprint density at radius 2 is 1.96 bits per heavy atom. The fourth-order valence-electron chi connectivity index (χ4n) is 1.73. The minimum atomic E-state index is -7.27. The van der Waals surface area contributed by atoms with Gasteiger partial charge in [-0.3, -0.25) is 15.0 Å². The van der Waals surface area contributed by atoms with Crippen LogP contribution in [0.5, 0.6) is 0 Å². The number of ether oxygens (including phenoxy) is 1. The normalized spacial score (nSPS) is 40.3. The molecule has 0 aromatic carbocycles. The Morgan fingerprint density at radius 3 is 2.50 bits per heavy atom. The SMILES string of the molecule is [2H]c1cn([C@@H]2O[C@]([2H])(C([2H])([2H])P(=O)([O-])P(=O)([O-])P(=O)([O-])[O-])[C@@]([2H])(O)[C@H]2O)c(=O)[nH]c1=N. The number of H-pyrrole nitrogens is 1. The van der Waals surface area contributed by atoms with Crippen LogP contribution in [0.1, 0.15) is 13.1 Å². The average Bonchev–Trinajstić information content (AvgIpc) is 2.78. The molecule has 14 nitrogen and oxygen atoms in total. The summed E-state index contributed by atoms with van der Waals surface area (Å²) < 4.78 is 77.5. The summed E-state index contributed by atoms with van der Waals surface area (Å²) in [5.41, 5.74) is -2.14. The number of nitrogens with one attached hydrogen (secondary N) is 2. The van der Waals surface area contributed by atoms with Crippen LogP contribution in [-0.4, -0.2) is 44.1 Å². The Hall–Kier alpha value is -0.910. The molecule has 1 aliphatic rings. The average molecular weight is 436 g/mol. The highest BCUT2D eigenvalue weighted by Gasteiger charge is 2.46. The molecule has 1 aromatic rings. The molecule has 2 unspecified atom stereocenters. The maximum atomic E-state index is 12.2. The molecule has 2 heterocycles. The van der Waals surface area contributed by atoms with Crippen molar-refractivity contribution >= 4 is 21.1 Å². The summed E-state index contributed by atoms with van der Waals surface area (Å²) in [4.78, 5) is 59.4. The summed E-state index contributed by atoms with van der Waals surface area (Å²) in [6, 6.07) is -0.758. The van der Waals surface area contributed by atoms with Crippen molar-refractivity contribution in [2.24, 2.45) is 0 Å². The molecule has 2 rings (SSSR count). The quantitative estimate of drug-likeness (QED) is 0.319. The molecule has 0 amide bonds. The molecule has 6 atom stereocenters. The Morgan fingerprint density at radius 1 is 1.38 bits per heavy atom. The monoisotopic (exact) mass is 436 g/mol. The Bertz CT molecular complexity index is 1180. The minimum absolute atomic E-state index is 0.134. The van der Waals surface area contributed by atoms with E-state index in [9.17, 15) is 48.3 Å². The molecule has 0 radical (unpaired) electrons. The third-order valence-electron chi connectivity index (χ3n) is 3.00. The lowest BCUT2D eigenvalue weighted by Crippen LogP contribution is -2.37. The van der Waals surface area contributed by atoms with Crippen molar-refractivity contribution in [3.8, 4) is 0 Å². The molecule has 1 aromatic heterocycles. The van der Waals surface area contributed by atoms with E-state index in [1.54, 1.807) is 4.98 Å². The van der Waals surface area contributed by atoms with Gasteiger partial charge in [-0.05, 0) is 13.3 Å². The van der Waals surface area contributed by atoms with Gasteiger partial charge in [-0.25, -0.2) is 4.79 Å². The predicted octanol–water partition coefficient (Wildman–Crippen LogP) is -4.70. The topological polar surface area (TPSA) is 255 Å². The maximum Gasteiger partial charge on any atom is 0.329 e. The van der Waals surface area contributed by atoms with Crippen LogP contribution in [0, 0.1) is 5.41 Å². The van der Waals surface area contributed by atoms with Crippen LogP contribution in [0.25, 0.3) is 0 Å². The number of hydrogen-bond donors (Lipinski definition) is 4. The molecular weight excluding hydrogens is 419 g/mol. The first-order valence-corrected chi connectivity index (χ1v) is 12.4. The fraction of sp³-hybridized carbons (Fsp3) is 0.556. The summed E-state index contributed by atoms with van der Waals surface area (Å²) in [7, 11) is -14.3. The van der Waals surface area contributed by atoms with Crippen LogP contribution in [0.15, 0.2) is 17.0 Å². The van der Waals surface area contributed by atoms with Crippen molar-refractivity contribution in [2.75, 3.05) is 6.11 Å². The fourth-order valence-corrected chi connectivity index (χ4v) is 7.09. The Kier molecular flexibility index (Phi) is 4.01. The summed E-state index contributed by atoms with van der Waals surface area (Å²) in [6.45, 7) is -7.27. The van der Waals surface area contributed by atoms with Gasteiger partial charge in [-0.15, -0.1) is 0 Å². The van der Waals surface area contributed by atoms with Gasteiger partial charge in [0, 0.05) is 15.1 Å². The molecule has 1 saturated heterocycles. The van der Waals surface area contributed by atoms with Gasteiger partial charge < -0.3 is 48.2 Å². The van der Waals surface area contributed by atoms with Crippen molar-refractivity contribution in [1.29, 1.82) is 5.41 Å². The van der Waals surface area contributed by atoms with Crippen molar-refractivity contribution in [1.82, 2.24) is 9.55 Å². The van der Waals surface area contributed by atoms with Crippen LogP contribution in [0.4, 0.5) is 0 Å². The zero-order chi connectivity index (χ0) is 24.6. The molecule has 0 spiro atoms. The van der Waals surface area contributed by atoms with E-state index in [1.807, 2.05) is 0 Å². The molecule has 0 aliphatic carbocycles. The Labute approximate surface area is 151 Å². The van der Waals surface area contributed by atoms with Gasteiger partial charge in [-0.2, -0.15) is 0 Å². The first-order valence-electron chi connectivity index (χ1n) is 8.68. The molecule has 4 N–H and O–H groups in total. The van der Waals surface area contributed by atoms with Gasteiger partial charge in [0.05, 0.1) is 24.0 Å². The van der Waals surface area contributed by atoms with E-state index in [0.29, 0.717) is 6.20 Å². The lowest BCUT2D eigenvalue weighted by molar-refractivity contribution is -0.311. The van der Waals surface area contributed by atoms with Crippen molar-refractivity contribution < 1.29 is 55.1 Å². The third kappa shape index (κ3) is 3.71. The molecule has 1 fully saturated rings. The minimum Gasteiger partial charge on any atom is -0.806 e. The van der Waals surface area contributed by atoms with Crippen LogP contribution >= 0.6 is 21.1 Å². The number of hydrogen-bond acceptors (Lipinski definition) is 12. The van der Waals surface area contributed by atoms with E-state index in [0.717, 1.165) is 0 Å². The lowest BCUT2D eigenvalue weighted by atomic mass is 10.1. The summed E-state index contributed by atoms with van der Waals surface area (Å²) in [5, 5.41) is 27.6. The van der Waals surface area contributed by atoms with Gasteiger partial charge in [0.25, 0.3) is 0 Å². The van der Waals surface area contributed by atoms with Crippen molar-refractivity contribution in [2.45, 2.75) is 24.5 Å². The first-order chi connectivity index (χ1) is 13.6. The van der Waals surface area contributed by atoms with E-state index in [1.165, 1.54) is 0 Å². The van der Waals surface area contributed by atoms with Crippen LogP contribution in [-0.2, 0) is 18.4 Å². The molecule has 1 aliphatic heterocycles. The van der Waals surface area contributed by atoms with E-state index in [-0.39, 0.29) is 4.57 Å². The molecule has 148 valence electrons. The third-order valence-corrected chi connectivity index (χ3v) is 13.0. The number of aliphatic hydroxyl groups excluding tert-OH is 1. The number of aromatic amines is 1. The second-order valence-corrected chi connectivity index (χ2v) is 15.1. The van der Waals surface area contributed by atoms with Gasteiger partial charge >= 0.3 is 5.69 Å². The van der Waals surface area contributed by atoms with Gasteiger partial charge in [0.2, 0.25) is 0 Å². The smallest absolute Gasteiger partial charge is 0.329 e. The van der Waals surface area contributed by atoms with Gasteiger partial charge in [0.1, 0.15) is 17.7 Å². The van der Waals surface area contributed by atoms with E-state index in [4.69, 9.17) is 12.3 Å². The summed E-state index contributed by atoms with van der Waals surface area (Å²) >= 11 is 0. The van der Waals surface area contributed by atoms with Crippen LogP contribution in [0.3, 0.4) is 0 Å². The van der Waals surface area contributed by atoms with Gasteiger partial charge in [-0.1, -0.05) is 0 Å². The first kappa shape index (κ1) is 15.1. The van der Waals surface area contributed by atoms with Crippen LogP contribution < -0.4 is 30.8 Å². The summed E-state index contributed by atoms with van der Waals surface area (Å²) in [6.07, 6.45) is -18.2. The predicted molar refractivity (Wildman–Crippen MR) is 74.5 cm³/mol. The molecule has 17 heteroatoms. The Balaban J connectivity index is 2.74. The highest BCUT2D eigenvalue weighted by Crippen LogP contribution is 2.86. The second-order valence-electron chi connectivity index (χ2n) is 4.74. The van der Waals surface area contributed by atoms with E-state index < -0.39 is 68.9 Å². The largest absolute Gasteiger partial charge is 0.806 e. The number of aliphatic hydroxyl groups is 2. The lowest BCUT2D eigenvalue weighted by Gasteiger charge is -2.50.